The number of pyridine rings is 1. The van der Waals surface area contributed by atoms with Crippen LogP contribution in [0.5, 0.6) is 0 Å². The molecule has 0 fully saturated rings. The lowest BCUT2D eigenvalue weighted by atomic mass is 10.1. The highest BCUT2D eigenvalue weighted by Gasteiger charge is 2.09. The average molecular weight is 235 g/mol. The van der Waals surface area contributed by atoms with E-state index in [1.807, 2.05) is 0 Å². The van der Waals surface area contributed by atoms with Crippen LogP contribution in [0, 0.1) is 0 Å². The van der Waals surface area contributed by atoms with Crippen LogP contribution in [0.15, 0.2) is 27.5 Å². The van der Waals surface area contributed by atoms with E-state index < -0.39 is 0 Å². The molecule has 0 spiro atoms. The second-order valence-electron chi connectivity index (χ2n) is 4.16. The molecule has 92 valence electrons. The van der Waals surface area contributed by atoms with Gasteiger partial charge in [0, 0.05) is 18.8 Å². The fourth-order valence-corrected chi connectivity index (χ4v) is 1.81. The molecule has 1 atom stereocenters. The first-order valence-corrected chi connectivity index (χ1v) is 5.92. The van der Waals surface area contributed by atoms with Gasteiger partial charge < -0.3 is 10.2 Å². The number of aromatic nitrogens is 2. The van der Waals surface area contributed by atoms with Gasteiger partial charge in [-0.1, -0.05) is 6.92 Å². The van der Waals surface area contributed by atoms with Crippen molar-refractivity contribution in [3.63, 3.8) is 0 Å². The molecule has 5 heteroatoms. The van der Waals surface area contributed by atoms with E-state index in [1.165, 1.54) is 0 Å². The third kappa shape index (κ3) is 2.55. The van der Waals surface area contributed by atoms with Crippen molar-refractivity contribution in [1.82, 2.24) is 9.55 Å². The number of rotatable bonds is 5. The summed E-state index contributed by atoms with van der Waals surface area (Å²) >= 11 is 0. The fourth-order valence-electron chi connectivity index (χ4n) is 1.81. The van der Waals surface area contributed by atoms with E-state index in [0.29, 0.717) is 17.8 Å². The molecule has 2 rings (SSSR count). The van der Waals surface area contributed by atoms with E-state index in [4.69, 9.17) is 10.2 Å². The van der Waals surface area contributed by atoms with Gasteiger partial charge in [-0.2, -0.15) is 0 Å². The summed E-state index contributed by atoms with van der Waals surface area (Å²) in [6.45, 7) is 2.67. The van der Waals surface area contributed by atoms with Gasteiger partial charge in [-0.3, -0.25) is 4.57 Å². The van der Waals surface area contributed by atoms with Gasteiger partial charge >= 0.3 is 5.76 Å². The molecule has 0 saturated carbocycles. The van der Waals surface area contributed by atoms with Crippen LogP contribution < -0.4 is 11.5 Å². The normalized spacial score (nSPS) is 13.1. The molecule has 17 heavy (non-hydrogen) atoms. The Hall–Kier alpha value is -1.62. The van der Waals surface area contributed by atoms with Crippen molar-refractivity contribution in [2.24, 2.45) is 5.73 Å². The predicted molar refractivity (Wildman–Crippen MR) is 65.8 cm³/mol. The molecule has 1 unspecified atom stereocenters. The van der Waals surface area contributed by atoms with Crippen LogP contribution in [0.1, 0.15) is 26.2 Å². The number of nitrogens with two attached hydrogens (primary N) is 1. The highest BCUT2D eigenvalue weighted by atomic mass is 16.4. The molecule has 0 amide bonds. The van der Waals surface area contributed by atoms with Crippen molar-refractivity contribution in [3.05, 3.63) is 28.9 Å². The Bertz CT molecular complexity index is 544. The first-order chi connectivity index (χ1) is 8.22. The standard InChI is InChI=1S/C12H17N3O2/c1-2-9(13)5-4-8-15-11-10(17-12(15)16)6-3-7-14-11/h3,6-7,9H,2,4-5,8,13H2,1H3. The molecule has 0 aliphatic heterocycles. The molecule has 5 nitrogen and oxygen atoms in total. The molecule has 0 aromatic carbocycles. The third-order valence-corrected chi connectivity index (χ3v) is 2.91. The summed E-state index contributed by atoms with van der Waals surface area (Å²) < 4.78 is 6.66. The Morgan fingerprint density at radius 1 is 1.59 bits per heavy atom. The maximum atomic E-state index is 11.6. The Labute approximate surface area is 99.2 Å². The first-order valence-electron chi connectivity index (χ1n) is 5.92. The van der Waals surface area contributed by atoms with Gasteiger partial charge in [0.2, 0.25) is 0 Å². The van der Waals surface area contributed by atoms with Gasteiger partial charge in [-0.25, -0.2) is 9.78 Å². The van der Waals surface area contributed by atoms with E-state index in [0.717, 1.165) is 19.3 Å². The highest BCUT2D eigenvalue weighted by molar-refractivity contribution is 5.67. The number of hydrogen-bond acceptors (Lipinski definition) is 4. The van der Waals surface area contributed by atoms with Crippen molar-refractivity contribution in [2.45, 2.75) is 38.8 Å². The maximum Gasteiger partial charge on any atom is 0.421 e. The Morgan fingerprint density at radius 2 is 2.41 bits per heavy atom. The molecule has 0 aliphatic carbocycles. The third-order valence-electron chi connectivity index (χ3n) is 2.91. The fraction of sp³-hybridized carbons (Fsp3) is 0.500. The minimum absolute atomic E-state index is 0.205. The molecular formula is C12H17N3O2. The summed E-state index contributed by atoms with van der Waals surface area (Å²) in [7, 11) is 0. The van der Waals surface area contributed by atoms with Crippen LogP contribution in [-0.2, 0) is 6.54 Å². The largest absolute Gasteiger partial charge is 0.421 e. The zero-order valence-corrected chi connectivity index (χ0v) is 9.93. The predicted octanol–water partition coefficient (Wildman–Crippen LogP) is 1.51. The lowest BCUT2D eigenvalue weighted by Crippen LogP contribution is -2.21. The number of fused-ring (bicyclic) bond motifs is 1. The molecule has 2 heterocycles. The molecular weight excluding hydrogens is 218 g/mol. The van der Waals surface area contributed by atoms with Gasteiger partial charge in [0.15, 0.2) is 11.2 Å². The zero-order chi connectivity index (χ0) is 12.3. The van der Waals surface area contributed by atoms with Gasteiger partial charge in [-0.05, 0) is 31.4 Å². The molecule has 2 aromatic heterocycles. The van der Waals surface area contributed by atoms with Crippen LogP contribution >= 0.6 is 0 Å². The van der Waals surface area contributed by atoms with Crippen molar-refractivity contribution >= 4 is 11.2 Å². The van der Waals surface area contributed by atoms with Crippen molar-refractivity contribution in [3.8, 4) is 0 Å². The van der Waals surface area contributed by atoms with E-state index in [1.54, 1.807) is 22.9 Å². The van der Waals surface area contributed by atoms with Gasteiger partial charge in [-0.15, -0.1) is 0 Å². The minimum Gasteiger partial charge on any atom is -0.406 e. The van der Waals surface area contributed by atoms with E-state index in [-0.39, 0.29) is 11.8 Å². The zero-order valence-electron chi connectivity index (χ0n) is 9.93. The monoisotopic (exact) mass is 235 g/mol. The van der Waals surface area contributed by atoms with Crippen molar-refractivity contribution in [2.75, 3.05) is 0 Å². The molecule has 0 bridgehead atoms. The summed E-state index contributed by atoms with van der Waals surface area (Å²) in [6.07, 6.45) is 4.38. The maximum absolute atomic E-state index is 11.6. The van der Waals surface area contributed by atoms with Gasteiger partial charge in [0.1, 0.15) is 0 Å². The second kappa shape index (κ2) is 5.14. The summed E-state index contributed by atoms with van der Waals surface area (Å²) in [4.78, 5) is 15.8. The van der Waals surface area contributed by atoms with Crippen LogP contribution in [0.25, 0.3) is 11.2 Å². The van der Waals surface area contributed by atoms with Gasteiger partial charge in [0.25, 0.3) is 0 Å². The second-order valence-corrected chi connectivity index (χ2v) is 4.16. The number of nitrogens with zero attached hydrogens (tertiary/aromatic N) is 2. The Morgan fingerprint density at radius 3 is 3.18 bits per heavy atom. The van der Waals surface area contributed by atoms with Crippen LogP contribution in [0.4, 0.5) is 0 Å². The van der Waals surface area contributed by atoms with Crippen molar-refractivity contribution in [1.29, 1.82) is 0 Å². The first kappa shape index (κ1) is 11.9. The smallest absolute Gasteiger partial charge is 0.406 e. The lowest BCUT2D eigenvalue weighted by Gasteiger charge is -2.07. The quantitative estimate of drug-likeness (QED) is 0.852. The SMILES string of the molecule is CCC(N)CCCn1c(=O)oc2cccnc21. The van der Waals surface area contributed by atoms with E-state index in [9.17, 15) is 4.79 Å². The van der Waals surface area contributed by atoms with E-state index in [2.05, 4.69) is 11.9 Å². The molecule has 0 radical (unpaired) electrons. The van der Waals surface area contributed by atoms with Crippen LogP contribution in [0.3, 0.4) is 0 Å². The Balaban J connectivity index is 2.13. The van der Waals surface area contributed by atoms with Crippen LogP contribution in [0.2, 0.25) is 0 Å². The summed E-state index contributed by atoms with van der Waals surface area (Å²) in [5.41, 5.74) is 6.99. The average Bonchev–Trinajstić information content (AvgIpc) is 2.66. The van der Waals surface area contributed by atoms with Crippen molar-refractivity contribution < 1.29 is 4.42 Å². The van der Waals surface area contributed by atoms with Crippen LogP contribution in [-0.4, -0.2) is 15.6 Å². The lowest BCUT2D eigenvalue weighted by molar-refractivity contribution is 0.474. The topological polar surface area (TPSA) is 74.0 Å². The summed E-state index contributed by atoms with van der Waals surface area (Å²) in [6, 6.07) is 3.71. The Kier molecular flexibility index (Phi) is 3.58. The van der Waals surface area contributed by atoms with E-state index >= 15 is 0 Å². The summed E-state index contributed by atoms with van der Waals surface area (Å²) in [5.74, 6) is -0.344. The molecule has 0 aliphatic rings. The summed E-state index contributed by atoms with van der Waals surface area (Å²) in [5, 5.41) is 0. The highest BCUT2D eigenvalue weighted by Crippen LogP contribution is 2.10. The number of oxazole rings is 1. The molecule has 2 aromatic rings. The van der Waals surface area contributed by atoms with Gasteiger partial charge in [0.05, 0.1) is 0 Å². The molecule has 2 N–H and O–H groups in total. The number of aryl methyl sites for hydroxylation is 1. The minimum atomic E-state index is -0.344. The molecule has 0 saturated heterocycles. The number of hydrogen-bond donors (Lipinski definition) is 1.